The Hall–Kier alpha value is -2.48. The van der Waals surface area contributed by atoms with Crippen molar-refractivity contribution in [3.8, 4) is 0 Å². The van der Waals surface area contributed by atoms with Gasteiger partial charge in [0.15, 0.2) is 5.65 Å². The number of methoxy groups -OCH3 is 1. The van der Waals surface area contributed by atoms with E-state index >= 15 is 0 Å². The molecule has 0 amide bonds. The van der Waals surface area contributed by atoms with Crippen molar-refractivity contribution >= 4 is 22.8 Å². The predicted octanol–water partition coefficient (Wildman–Crippen LogP) is 0.614. The molecule has 0 atom stereocenters. The van der Waals surface area contributed by atoms with Gasteiger partial charge in [-0.3, -0.25) is 4.98 Å². The molecule has 0 radical (unpaired) electrons. The molecule has 0 fully saturated rings. The molecule has 3 N–H and O–H groups in total. The quantitative estimate of drug-likeness (QED) is 0.333. The van der Waals surface area contributed by atoms with E-state index in [1.165, 1.54) is 0 Å². The largest absolute Gasteiger partial charge is 0.409 e. The minimum absolute atomic E-state index is 0.179. The molecule has 21 heavy (non-hydrogen) atoms. The van der Waals surface area contributed by atoms with Crippen LogP contribution in [-0.4, -0.2) is 52.8 Å². The topological polar surface area (TPSA) is 110 Å². The standard InChI is InChI=1S/C13H18N6O2/c1-21-9-8-19(7-4-11(14)18-20)12-3-2-10-13(17-12)16-6-5-15-10/h2-3,5-6,20H,4,7-9H2,1H3,(H2,14,18). The molecule has 0 bridgehead atoms. The molecule has 2 rings (SSSR count). The number of aromatic nitrogens is 3. The van der Waals surface area contributed by atoms with Gasteiger partial charge < -0.3 is 20.6 Å². The van der Waals surface area contributed by atoms with E-state index in [1.54, 1.807) is 19.5 Å². The maximum atomic E-state index is 8.62. The fourth-order valence-corrected chi connectivity index (χ4v) is 1.86. The Morgan fingerprint density at radius 2 is 2.14 bits per heavy atom. The second-order valence-corrected chi connectivity index (χ2v) is 4.39. The Labute approximate surface area is 122 Å². The van der Waals surface area contributed by atoms with E-state index in [9.17, 15) is 0 Å². The number of anilines is 1. The van der Waals surface area contributed by atoms with Gasteiger partial charge in [-0.15, -0.1) is 0 Å². The highest BCUT2D eigenvalue weighted by Crippen LogP contribution is 2.15. The summed E-state index contributed by atoms with van der Waals surface area (Å²) in [6.07, 6.45) is 3.67. The van der Waals surface area contributed by atoms with Crippen LogP contribution in [0, 0.1) is 0 Å². The average Bonchev–Trinajstić information content (AvgIpc) is 2.54. The van der Waals surface area contributed by atoms with E-state index in [2.05, 4.69) is 20.1 Å². The van der Waals surface area contributed by atoms with Crippen LogP contribution in [0.15, 0.2) is 29.7 Å². The molecule has 112 valence electrons. The van der Waals surface area contributed by atoms with Crippen molar-refractivity contribution in [2.45, 2.75) is 6.42 Å². The van der Waals surface area contributed by atoms with E-state index in [0.717, 1.165) is 11.3 Å². The molecule has 0 unspecified atom stereocenters. The molecule has 8 nitrogen and oxygen atoms in total. The number of pyridine rings is 1. The SMILES string of the molecule is COCCN(CC/C(N)=N/O)c1ccc2nccnc2n1. The van der Waals surface area contributed by atoms with Gasteiger partial charge in [0.1, 0.15) is 17.2 Å². The average molecular weight is 290 g/mol. The molecule has 0 saturated heterocycles. The van der Waals surface area contributed by atoms with Crippen LogP contribution in [0.5, 0.6) is 0 Å². The second kappa shape index (κ2) is 7.34. The first-order chi connectivity index (χ1) is 10.2. The van der Waals surface area contributed by atoms with Crippen LogP contribution in [0.3, 0.4) is 0 Å². The van der Waals surface area contributed by atoms with Gasteiger partial charge in [0.05, 0.1) is 6.61 Å². The summed E-state index contributed by atoms with van der Waals surface area (Å²) in [5.74, 6) is 0.934. The van der Waals surface area contributed by atoms with E-state index < -0.39 is 0 Å². The fraction of sp³-hybridized carbons (Fsp3) is 0.385. The lowest BCUT2D eigenvalue weighted by Gasteiger charge is -2.23. The Bertz CT molecular complexity index is 618. The van der Waals surface area contributed by atoms with Crippen molar-refractivity contribution in [3.63, 3.8) is 0 Å². The highest BCUT2D eigenvalue weighted by molar-refractivity contribution is 5.80. The summed E-state index contributed by atoms with van der Waals surface area (Å²) < 4.78 is 5.11. The van der Waals surface area contributed by atoms with Crippen LogP contribution in [0.1, 0.15) is 6.42 Å². The Morgan fingerprint density at radius 1 is 1.33 bits per heavy atom. The van der Waals surface area contributed by atoms with Crippen molar-refractivity contribution in [1.82, 2.24) is 15.0 Å². The molecule has 0 saturated carbocycles. The zero-order chi connectivity index (χ0) is 15.1. The fourth-order valence-electron chi connectivity index (χ4n) is 1.86. The first-order valence-corrected chi connectivity index (χ1v) is 6.52. The van der Waals surface area contributed by atoms with Crippen molar-refractivity contribution in [2.24, 2.45) is 10.9 Å². The first-order valence-electron chi connectivity index (χ1n) is 6.52. The number of nitrogens with two attached hydrogens (primary N) is 1. The highest BCUT2D eigenvalue weighted by atomic mass is 16.5. The molecular weight excluding hydrogens is 272 g/mol. The minimum atomic E-state index is 0.179. The van der Waals surface area contributed by atoms with Crippen molar-refractivity contribution in [1.29, 1.82) is 0 Å². The number of ether oxygens (including phenoxy) is 1. The summed E-state index contributed by atoms with van der Waals surface area (Å²) in [5, 5.41) is 11.6. The Balaban J connectivity index is 2.20. The predicted molar refractivity (Wildman–Crippen MR) is 79.4 cm³/mol. The zero-order valence-electron chi connectivity index (χ0n) is 11.8. The van der Waals surface area contributed by atoms with Gasteiger partial charge in [0.25, 0.3) is 0 Å². The number of nitrogens with zero attached hydrogens (tertiary/aromatic N) is 5. The first kappa shape index (κ1) is 14.9. The summed E-state index contributed by atoms with van der Waals surface area (Å²) >= 11 is 0. The number of fused-ring (bicyclic) bond motifs is 1. The van der Waals surface area contributed by atoms with Crippen LogP contribution in [0.25, 0.3) is 11.2 Å². The molecule has 2 aromatic rings. The van der Waals surface area contributed by atoms with Gasteiger partial charge in [-0.25, -0.2) is 9.97 Å². The van der Waals surface area contributed by atoms with Crippen LogP contribution in [0.2, 0.25) is 0 Å². The van der Waals surface area contributed by atoms with Gasteiger partial charge in [-0.1, -0.05) is 5.16 Å². The third kappa shape index (κ3) is 3.99. The van der Waals surface area contributed by atoms with Gasteiger partial charge >= 0.3 is 0 Å². The number of oxime groups is 1. The third-order valence-corrected chi connectivity index (χ3v) is 2.97. The Kier molecular flexibility index (Phi) is 5.22. The molecular formula is C13H18N6O2. The lowest BCUT2D eigenvalue weighted by Crippen LogP contribution is -2.31. The van der Waals surface area contributed by atoms with Crippen LogP contribution in [-0.2, 0) is 4.74 Å². The smallest absolute Gasteiger partial charge is 0.180 e. The number of hydrogen-bond donors (Lipinski definition) is 2. The summed E-state index contributed by atoms with van der Waals surface area (Å²) in [6.45, 7) is 1.77. The maximum absolute atomic E-state index is 8.62. The Morgan fingerprint density at radius 3 is 2.90 bits per heavy atom. The van der Waals surface area contributed by atoms with Gasteiger partial charge in [-0.05, 0) is 12.1 Å². The lowest BCUT2D eigenvalue weighted by atomic mass is 10.3. The minimum Gasteiger partial charge on any atom is -0.409 e. The van der Waals surface area contributed by atoms with Gasteiger partial charge in [-0.2, -0.15) is 0 Å². The number of amidine groups is 1. The zero-order valence-corrected chi connectivity index (χ0v) is 11.8. The van der Waals surface area contributed by atoms with Gasteiger partial charge in [0.2, 0.25) is 0 Å². The number of rotatable bonds is 7. The van der Waals surface area contributed by atoms with E-state index in [4.69, 9.17) is 15.7 Å². The summed E-state index contributed by atoms with van der Waals surface area (Å²) in [6, 6.07) is 3.74. The molecule has 0 spiro atoms. The summed E-state index contributed by atoms with van der Waals surface area (Å²) in [7, 11) is 1.64. The van der Waals surface area contributed by atoms with E-state index in [-0.39, 0.29) is 5.84 Å². The normalized spacial score (nSPS) is 11.8. The van der Waals surface area contributed by atoms with Crippen molar-refractivity contribution in [3.05, 3.63) is 24.5 Å². The van der Waals surface area contributed by atoms with Crippen LogP contribution in [0.4, 0.5) is 5.82 Å². The number of hydrogen-bond acceptors (Lipinski definition) is 7. The molecule has 2 aromatic heterocycles. The summed E-state index contributed by atoms with van der Waals surface area (Å²) in [5.41, 5.74) is 6.84. The summed E-state index contributed by atoms with van der Waals surface area (Å²) in [4.78, 5) is 14.9. The maximum Gasteiger partial charge on any atom is 0.180 e. The van der Waals surface area contributed by atoms with Crippen LogP contribution < -0.4 is 10.6 Å². The molecule has 0 aromatic carbocycles. The van der Waals surface area contributed by atoms with E-state index in [0.29, 0.717) is 31.8 Å². The van der Waals surface area contributed by atoms with Crippen molar-refractivity contribution in [2.75, 3.05) is 31.7 Å². The van der Waals surface area contributed by atoms with Crippen molar-refractivity contribution < 1.29 is 9.94 Å². The monoisotopic (exact) mass is 290 g/mol. The van der Waals surface area contributed by atoms with E-state index in [1.807, 2.05) is 17.0 Å². The van der Waals surface area contributed by atoms with Gasteiger partial charge in [0, 0.05) is 39.0 Å². The highest BCUT2D eigenvalue weighted by Gasteiger charge is 2.10. The molecule has 0 aliphatic carbocycles. The molecule has 2 heterocycles. The molecule has 0 aliphatic heterocycles. The lowest BCUT2D eigenvalue weighted by molar-refractivity contribution is 0.205. The molecule has 0 aliphatic rings. The molecule has 8 heteroatoms. The second-order valence-electron chi connectivity index (χ2n) is 4.39. The third-order valence-electron chi connectivity index (χ3n) is 2.97. The van der Waals surface area contributed by atoms with Crippen LogP contribution >= 0.6 is 0 Å².